The lowest BCUT2D eigenvalue weighted by molar-refractivity contribution is 0.926. The highest BCUT2D eigenvalue weighted by Crippen LogP contribution is 1.94. The Balaban J connectivity index is 2.98. The van der Waals surface area contributed by atoms with E-state index < -0.39 is 0 Å². The molecule has 5 nitrogen and oxygen atoms in total. The predicted octanol–water partition coefficient (Wildman–Crippen LogP) is -0.554. The zero-order valence-electron chi connectivity index (χ0n) is 7.36. The molecular formula is C9H9N3O2. The van der Waals surface area contributed by atoms with E-state index in [-0.39, 0.29) is 17.7 Å². The van der Waals surface area contributed by atoms with Crippen LogP contribution in [0.1, 0.15) is 5.69 Å². The Morgan fingerprint density at radius 1 is 1.29 bits per heavy atom. The number of fused-ring (bicyclic) bond motifs is 1. The summed E-state index contributed by atoms with van der Waals surface area (Å²) in [6, 6.07) is 5.91. The van der Waals surface area contributed by atoms with Crippen molar-refractivity contribution in [3.63, 3.8) is 0 Å². The number of aromatic amines is 1. The standard InChI is InChI=1S/C9H9N3O2/c10-5-6-4-9(14)12-7(11-6)2-1-3-8(12)13/h1-4,11H,5,10H2. The van der Waals surface area contributed by atoms with Crippen LogP contribution >= 0.6 is 0 Å². The van der Waals surface area contributed by atoms with Gasteiger partial charge in [0, 0.05) is 24.4 Å². The SMILES string of the molecule is NCc1cc(=O)n2c(=O)cccc2[nH]1. The Hall–Kier alpha value is -1.88. The molecule has 0 radical (unpaired) electrons. The average Bonchev–Trinajstić information content (AvgIpc) is 2.17. The molecule has 14 heavy (non-hydrogen) atoms. The van der Waals surface area contributed by atoms with Gasteiger partial charge in [-0.3, -0.25) is 9.59 Å². The maximum absolute atomic E-state index is 11.5. The van der Waals surface area contributed by atoms with Gasteiger partial charge >= 0.3 is 0 Å². The molecule has 2 aromatic rings. The van der Waals surface area contributed by atoms with Gasteiger partial charge in [0.25, 0.3) is 11.1 Å². The lowest BCUT2D eigenvalue weighted by Gasteiger charge is -2.01. The fourth-order valence-electron chi connectivity index (χ4n) is 1.34. The van der Waals surface area contributed by atoms with Crippen molar-refractivity contribution in [2.24, 2.45) is 5.73 Å². The minimum atomic E-state index is -0.357. The van der Waals surface area contributed by atoms with E-state index in [1.165, 1.54) is 12.1 Å². The van der Waals surface area contributed by atoms with Gasteiger partial charge in [0.2, 0.25) is 0 Å². The van der Waals surface area contributed by atoms with Gasteiger partial charge in [0.15, 0.2) is 0 Å². The van der Waals surface area contributed by atoms with Gasteiger partial charge in [0.05, 0.1) is 0 Å². The first-order valence-corrected chi connectivity index (χ1v) is 4.16. The first kappa shape index (κ1) is 8.71. The van der Waals surface area contributed by atoms with E-state index in [0.29, 0.717) is 11.3 Å². The summed E-state index contributed by atoms with van der Waals surface area (Å²) in [7, 11) is 0. The molecule has 0 saturated heterocycles. The van der Waals surface area contributed by atoms with Crippen molar-refractivity contribution in [3.8, 4) is 0 Å². The third-order valence-corrected chi connectivity index (χ3v) is 1.98. The minimum Gasteiger partial charge on any atom is -0.343 e. The molecule has 0 aliphatic carbocycles. The molecule has 5 heteroatoms. The van der Waals surface area contributed by atoms with Gasteiger partial charge in [0.1, 0.15) is 5.65 Å². The molecule has 2 aromatic heterocycles. The minimum absolute atomic E-state index is 0.245. The molecular weight excluding hydrogens is 182 g/mol. The molecule has 0 bridgehead atoms. The van der Waals surface area contributed by atoms with E-state index in [2.05, 4.69) is 4.98 Å². The maximum atomic E-state index is 11.5. The van der Waals surface area contributed by atoms with Crippen LogP contribution in [0.3, 0.4) is 0 Å². The van der Waals surface area contributed by atoms with Crippen LogP contribution in [0.4, 0.5) is 0 Å². The fraction of sp³-hybridized carbons (Fsp3) is 0.111. The van der Waals surface area contributed by atoms with Gasteiger partial charge < -0.3 is 10.7 Å². The molecule has 0 aliphatic rings. The monoisotopic (exact) mass is 191 g/mol. The zero-order valence-corrected chi connectivity index (χ0v) is 7.36. The summed E-state index contributed by atoms with van der Waals surface area (Å²) >= 11 is 0. The maximum Gasteiger partial charge on any atom is 0.260 e. The number of H-pyrrole nitrogens is 1. The van der Waals surface area contributed by atoms with Crippen LogP contribution in [0, 0.1) is 0 Å². The van der Waals surface area contributed by atoms with Crippen LogP contribution in [0.15, 0.2) is 33.9 Å². The number of hydrogen-bond donors (Lipinski definition) is 2. The number of nitrogens with two attached hydrogens (primary N) is 1. The molecule has 0 fully saturated rings. The number of rotatable bonds is 1. The zero-order chi connectivity index (χ0) is 10.1. The van der Waals surface area contributed by atoms with Crippen LogP contribution in [0.5, 0.6) is 0 Å². The van der Waals surface area contributed by atoms with Crippen LogP contribution in [-0.2, 0) is 6.54 Å². The molecule has 72 valence electrons. The van der Waals surface area contributed by atoms with Gasteiger partial charge in [-0.2, -0.15) is 0 Å². The average molecular weight is 191 g/mol. The van der Waals surface area contributed by atoms with Gasteiger partial charge in [-0.15, -0.1) is 0 Å². The molecule has 0 spiro atoms. The summed E-state index contributed by atoms with van der Waals surface area (Å²) in [5.41, 5.74) is 5.77. The second kappa shape index (κ2) is 3.12. The highest BCUT2D eigenvalue weighted by Gasteiger charge is 2.00. The van der Waals surface area contributed by atoms with Crippen molar-refractivity contribution in [3.05, 3.63) is 50.7 Å². The van der Waals surface area contributed by atoms with E-state index in [9.17, 15) is 9.59 Å². The van der Waals surface area contributed by atoms with Crippen LogP contribution in [0.25, 0.3) is 5.65 Å². The summed E-state index contributed by atoms with van der Waals surface area (Å²) < 4.78 is 1.07. The van der Waals surface area contributed by atoms with Crippen LogP contribution in [0.2, 0.25) is 0 Å². The second-order valence-electron chi connectivity index (χ2n) is 2.92. The number of pyridine rings is 1. The quantitative estimate of drug-likeness (QED) is 0.634. The van der Waals surface area contributed by atoms with Crippen molar-refractivity contribution >= 4 is 5.65 Å². The molecule has 0 saturated carbocycles. The Bertz CT molecular complexity index is 582. The molecule has 0 atom stereocenters. The largest absolute Gasteiger partial charge is 0.343 e. The van der Waals surface area contributed by atoms with Crippen molar-refractivity contribution < 1.29 is 0 Å². The number of nitrogens with zero attached hydrogens (tertiary/aromatic N) is 1. The summed E-state index contributed by atoms with van der Waals surface area (Å²) in [5, 5.41) is 0. The number of hydrogen-bond acceptors (Lipinski definition) is 3. The second-order valence-corrected chi connectivity index (χ2v) is 2.92. The van der Waals surface area contributed by atoms with E-state index >= 15 is 0 Å². The third-order valence-electron chi connectivity index (χ3n) is 1.98. The first-order valence-electron chi connectivity index (χ1n) is 4.16. The van der Waals surface area contributed by atoms with Crippen molar-refractivity contribution in [2.75, 3.05) is 0 Å². The van der Waals surface area contributed by atoms with E-state index in [4.69, 9.17) is 5.73 Å². The number of aromatic nitrogens is 2. The Labute approximate surface area is 78.8 Å². The first-order chi connectivity index (χ1) is 6.72. The summed E-state index contributed by atoms with van der Waals surface area (Å²) in [6.45, 7) is 0.245. The predicted molar refractivity (Wildman–Crippen MR) is 52.2 cm³/mol. The molecule has 0 aliphatic heterocycles. The molecule has 2 rings (SSSR count). The highest BCUT2D eigenvalue weighted by atomic mass is 16.2. The fourth-order valence-corrected chi connectivity index (χ4v) is 1.34. The Morgan fingerprint density at radius 3 is 2.79 bits per heavy atom. The van der Waals surface area contributed by atoms with Gasteiger partial charge in [-0.1, -0.05) is 6.07 Å². The van der Waals surface area contributed by atoms with Crippen LogP contribution in [-0.4, -0.2) is 9.38 Å². The third kappa shape index (κ3) is 1.23. The summed E-state index contributed by atoms with van der Waals surface area (Å²) in [4.78, 5) is 25.7. The topological polar surface area (TPSA) is 80.4 Å². The molecule has 0 aromatic carbocycles. The lowest BCUT2D eigenvalue weighted by Crippen LogP contribution is -2.27. The summed E-state index contributed by atoms with van der Waals surface area (Å²) in [6.07, 6.45) is 0. The smallest absolute Gasteiger partial charge is 0.260 e. The van der Waals surface area contributed by atoms with Gasteiger partial charge in [-0.05, 0) is 6.07 Å². The van der Waals surface area contributed by atoms with Crippen molar-refractivity contribution in [1.82, 2.24) is 9.38 Å². The van der Waals surface area contributed by atoms with Crippen molar-refractivity contribution in [2.45, 2.75) is 6.54 Å². The van der Waals surface area contributed by atoms with Gasteiger partial charge in [-0.25, -0.2) is 4.40 Å². The van der Waals surface area contributed by atoms with E-state index in [0.717, 1.165) is 4.40 Å². The molecule has 3 N–H and O–H groups in total. The molecule has 0 unspecified atom stereocenters. The van der Waals surface area contributed by atoms with Crippen LogP contribution < -0.4 is 16.9 Å². The number of nitrogens with one attached hydrogen (secondary N) is 1. The van der Waals surface area contributed by atoms with Crippen molar-refractivity contribution in [1.29, 1.82) is 0 Å². The Kier molecular flexibility index (Phi) is 1.94. The highest BCUT2D eigenvalue weighted by molar-refractivity contribution is 5.37. The molecule has 2 heterocycles. The molecule has 0 amide bonds. The normalized spacial score (nSPS) is 10.6. The Morgan fingerprint density at radius 2 is 2.07 bits per heavy atom. The van der Waals surface area contributed by atoms with E-state index in [1.54, 1.807) is 12.1 Å². The summed E-state index contributed by atoms with van der Waals surface area (Å²) in [5.74, 6) is 0. The van der Waals surface area contributed by atoms with E-state index in [1.807, 2.05) is 0 Å². The lowest BCUT2D eigenvalue weighted by atomic mass is 10.4.